The van der Waals surface area contributed by atoms with Crippen molar-refractivity contribution in [2.45, 2.75) is 51.2 Å². The van der Waals surface area contributed by atoms with Crippen LogP contribution >= 0.6 is 0 Å². The molecule has 0 aromatic rings. The summed E-state index contributed by atoms with van der Waals surface area (Å²) in [7, 11) is 0. The Hall–Kier alpha value is -0.850. The fourth-order valence-electron chi connectivity index (χ4n) is 2.02. The highest BCUT2D eigenvalue weighted by Gasteiger charge is 2.47. The Kier molecular flexibility index (Phi) is 4.35. The summed E-state index contributed by atoms with van der Waals surface area (Å²) in [5.74, 6) is 0. The molecule has 0 radical (unpaired) electrons. The number of nitrogens with zero attached hydrogens (tertiary/aromatic N) is 3. The predicted molar refractivity (Wildman–Crippen MR) is 60.1 cm³/mol. The fraction of sp³-hybridized carbons (Fsp3) is 1.00. The quantitative estimate of drug-likeness (QED) is 0.365. The van der Waals surface area contributed by atoms with Gasteiger partial charge in [-0.25, -0.2) is 0 Å². The molecule has 1 rings (SSSR count). The number of hydrogen-bond acceptors (Lipinski definition) is 5. The molecule has 17 heavy (non-hydrogen) atoms. The maximum atomic E-state index is 9.94. The molecule has 7 nitrogen and oxygen atoms in total. The summed E-state index contributed by atoms with van der Waals surface area (Å²) in [5, 5.41) is 32.4. The molecular weight excluding hydrogens is 226 g/mol. The van der Waals surface area contributed by atoms with E-state index in [2.05, 4.69) is 10.0 Å². The molecule has 1 aliphatic heterocycles. The molecule has 0 aromatic carbocycles. The first-order valence-electron chi connectivity index (χ1n) is 5.49. The molecule has 0 aliphatic carbocycles. The van der Waals surface area contributed by atoms with Crippen molar-refractivity contribution >= 4 is 0 Å². The van der Waals surface area contributed by atoms with Crippen molar-refractivity contribution in [2.24, 2.45) is 10.5 Å². The monoisotopic (exact) mass is 245 g/mol. The number of ether oxygens (including phenoxy) is 1. The van der Waals surface area contributed by atoms with Gasteiger partial charge < -0.3 is 20.1 Å². The highest BCUT2D eigenvalue weighted by molar-refractivity contribution is 4.99. The number of aliphatic hydroxyl groups excluding tert-OH is 3. The average molecular weight is 245 g/mol. The summed E-state index contributed by atoms with van der Waals surface area (Å²) in [5.41, 5.74) is 8.00. The highest BCUT2D eigenvalue weighted by atomic mass is 16.5. The highest BCUT2D eigenvalue weighted by Crippen LogP contribution is 2.33. The van der Waals surface area contributed by atoms with E-state index in [4.69, 9.17) is 10.3 Å². The Balaban J connectivity index is 2.97. The molecule has 0 saturated carbocycles. The molecule has 1 aliphatic rings. The number of azide groups is 1. The van der Waals surface area contributed by atoms with Gasteiger partial charge >= 0.3 is 0 Å². The van der Waals surface area contributed by atoms with Crippen LogP contribution in [0.4, 0.5) is 0 Å². The third-order valence-electron chi connectivity index (χ3n) is 2.93. The fourth-order valence-corrected chi connectivity index (χ4v) is 2.02. The smallest absolute Gasteiger partial charge is 0.107 e. The van der Waals surface area contributed by atoms with Gasteiger partial charge in [0.2, 0.25) is 0 Å². The van der Waals surface area contributed by atoms with E-state index in [1.54, 1.807) is 0 Å². The van der Waals surface area contributed by atoms with Crippen LogP contribution in [0.25, 0.3) is 10.4 Å². The lowest BCUT2D eigenvalue weighted by Crippen LogP contribution is -2.60. The number of hydrogen-bond donors (Lipinski definition) is 3. The molecule has 1 saturated heterocycles. The van der Waals surface area contributed by atoms with Crippen LogP contribution in [0.15, 0.2) is 5.11 Å². The first-order chi connectivity index (χ1) is 7.82. The number of aliphatic hydroxyl groups is 3. The standard InChI is InChI=1S/C10H19N3O4/c1-10(2,3)9-8(16)7(15)6(12-13-11)5(4-14)17-9/h5-9,14-16H,4H2,1-3H3/t5?,6-,7+,8?,9-/m1/s1. The Bertz CT molecular complexity index is 309. The van der Waals surface area contributed by atoms with Crippen molar-refractivity contribution in [2.75, 3.05) is 6.61 Å². The van der Waals surface area contributed by atoms with Crippen molar-refractivity contribution in [3.63, 3.8) is 0 Å². The van der Waals surface area contributed by atoms with E-state index in [1.165, 1.54) is 0 Å². The minimum atomic E-state index is -1.24. The topological polar surface area (TPSA) is 119 Å². The lowest BCUT2D eigenvalue weighted by Gasteiger charge is -2.45. The Morgan fingerprint density at radius 3 is 2.29 bits per heavy atom. The van der Waals surface area contributed by atoms with Gasteiger partial charge in [0.15, 0.2) is 0 Å². The van der Waals surface area contributed by atoms with E-state index >= 15 is 0 Å². The molecule has 0 amide bonds. The molecule has 0 aromatic heterocycles. The van der Waals surface area contributed by atoms with Crippen molar-refractivity contribution < 1.29 is 20.1 Å². The second kappa shape index (κ2) is 5.20. The molecule has 3 N–H and O–H groups in total. The Labute approximate surface area is 99.6 Å². The Morgan fingerprint density at radius 1 is 1.29 bits per heavy atom. The maximum absolute atomic E-state index is 9.94. The van der Waals surface area contributed by atoms with Crippen molar-refractivity contribution in [3.05, 3.63) is 10.4 Å². The molecule has 0 bridgehead atoms. The minimum Gasteiger partial charge on any atom is -0.394 e. The largest absolute Gasteiger partial charge is 0.394 e. The molecule has 1 fully saturated rings. The normalized spacial score (nSPS) is 38.6. The third-order valence-corrected chi connectivity index (χ3v) is 2.93. The van der Waals surface area contributed by atoms with Crippen LogP contribution in [0.3, 0.4) is 0 Å². The van der Waals surface area contributed by atoms with Gasteiger partial charge in [0, 0.05) is 4.91 Å². The van der Waals surface area contributed by atoms with E-state index in [1.807, 2.05) is 20.8 Å². The number of rotatable bonds is 2. The summed E-state index contributed by atoms with van der Waals surface area (Å²) < 4.78 is 5.52. The van der Waals surface area contributed by atoms with Crippen LogP contribution in [0, 0.1) is 5.41 Å². The minimum absolute atomic E-state index is 0.375. The van der Waals surface area contributed by atoms with E-state index in [0.29, 0.717) is 0 Å². The van der Waals surface area contributed by atoms with Gasteiger partial charge in [0.1, 0.15) is 6.10 Å². The lowest BCUT2D eigenvalue weighted by atomic mass is 9.80. The maximum Gasteiger partial charge on any atom is 0.107 e. The van der Waals surface area contributed by atoms with Gasteiger partial charge in [-0.15, -0.1) is 0 Å². The molecule has 2 unspecified atom stereocenters. The zero-order valence-corrected chi connectivity index (χ0v) is 10.2. The SMILES string of the molecule is CC(C)(C)[C@@H]1OC(CO)[C@@H](N=[N+]=[N-])[C@H](O)C1O. The zero-order chi connectivity index (χ0) is 13.2. The third kappa shape index (κ3) is 2.88. The van der Waals surface area contributed by atoms with Crippen molar-refractivity contribution in [3.8, 4) is 0 Å². The van der Waals surface area contributed by atoms with Crippen molar-refractivity contribution in [1.29, 1.82) is 0 Å². The summed E-state index contributed by atoms with van der Waals surface area (Å²) in [6, 6.07) is -0.974. The van der Waals surface area contributed by atoms with Crippen LogP contribution in [0.5, 0.6) is 0 Å². The van der Waals surface area contributed by atoms with Gasteiger partial charge in [-0.2, -0.15) is 0 Å². The summed E-state index contributed by atoms with van der Waals surface area (Å²) in [6.07, 6.45) is -3.80. The zero-order valence-electron chi connectivity index (χ0n) is 10.2. The average Bonchev–Trinajstić information content (AvgIpc) is 2.23. The summed E-state index contributed by atoms with van der Waals surface area (Å²) >= 11 is 0. The second-order valence-corrected chi connectivity index (χ2v) is 5.32. The van der Waals surface area contributed by atoms with E-state index < -0.39 is 35.9 Å². The molecule has 7 heteroatoms. The van der Waals surface area contributed by atoms with E-state index in [-0.39, 0.29) is 6.61 Å². The first kappa shape index (κ1) is 14.2. The van der Waals surface area contributed by atoms with Gasteiger partial charge in [-0.1, -0.05) is 25.9 Å². The van der Waals surface area contributed by atoms with Crippen molar-refractivity contribution in [1.82, 2.24) is 0 Å². The van der Waals surface area contributed by atoms with Crippen LogP contribution in [-0.2, 0) is 4.74 Å². The van der Waals surface area contributed by atoms with E-state index in [0.717, 1.165) is 0 Å². The molecule has 1 heterocycles. The lowest BCUT2D eigenvalue weighted by molar-refractivity contribution is -0.214. The second-order valence-electron chi connectivity index (χ2n) is 5.32. The molecular formula is C10H19N3O4. The summed E-state index contributed by atoms with van der Waals surface area (Å²) in [4.78, 5) is 2.59. The van der Waals surface area contributed by atoms with Gasteiger partial charge in [0.25, 0.3) is 0 Å². The van der Waals surface area contributed by atoms with E-state index in [9.17, 15) is 15.3 Å². The molecule has 5 atom stereocenters. The van der Waals surface area contributed by atoms with Gasteiger partial charge in [-0.05, 0) is 10.9 Å². The van der Waals surface area contributed by atoms with Crippen LogP contribution < -0.4 is 0 Å². The van der Waals surface area contributed by atoms with Gasteiger partial charge in [-0.3, -0.25) is 0 Å². The summed E-state index contributed by atoms with van der Waals surface area (Å²) in [6.45, 7) is 5.20. The van der Waals surface area contributed by atoms with Gasteiger partial charge in [0.05, 0.1) is 31.0 Å². The molecule has 98 valence electrons. The van der Waals surface area contributed by atoms with Crippen LogP contribution in [0.1, 0.15) is 20.8 Å². The Morgan fingerprint density at radius 2 is 1.88 bits per heavy atom. The molecule has 0 spiro atoms. The predicted octanol–water partition coefficient (Wildman–Crippen LogP) is 0.193. The van der Waals surface area contributed by atoms with Crippen LogP contribution in [-0.4, -0.2) is 52.4 Å². The van der Waals surface area contributed by atoms with Crippen LogP contribution in [0.2, 0.25) is 0 Å². The first-order valence-corrected chi connectivity index (χ1v) is 5.49.